The van der Waals surface area contributed by atoms with Gasteiger partial charge in [0.25, 0.3) is 0 Å². The number of aliphatic hydroxyl groups excluding tert-OH is 1. The van der Waals surface area contributed by atoms with Crippen LogP contribution in [-0.2, 0) is 16.1 Å². The molecule has 1 fully saturated rings. The molecule has 0 amide bonds. The highest BCUT2D eigenvalue weighted by atomic mass is 35.5. The van der Waals surface area contributed by atoms with E-state index in [1.807, 2.05) is 24.3 Å². The normalized spacial score (nSPS) is 20.2. The SMILES string of the molecule is O[C@@H](CN1CCOCC1)CN(Cc1cccc(Cl)c1)C[C@H]1CC(c2ccccc2F)=NO1. The van der Waals surface area contributed by atoms with Gasteiger partial charge in [0.2, 0.25) is 0 Å². The summed E-state index contributed by atoms with van der Waals surface area (Å²) in [5, 5.41) is 15.6. The van der Waals surface area contributed by atoms with Crippen molar-refractivity contribution in [3.05, 3.63) is 70.5 Å². The zero-order valence-electron chi connectivity index (χ0n) is 18.0. The first-order valence-electron chi connectivity index (χ1n) is 11.0. The van der Waals surface area contributed by atoms with Gasteiger partial charge in [0.05, 0.1) is 25.0 Å². The van der Waals surface area contributed by atoms with Gasteiger partial charge in [-0.05, 0) is 23.8 Å². The number of nitrogens with zero attached hydrogens (tertiary/aromatic N) is 3. The first kappa shape index (κ1) is 23.1. The number of β-amino-alcohol motifs (C(OH)–C–C–N with tert-alkyl or cyclic N) is 1. The average Bonchev–Trinajstić information content (AvgIpc) is 3.23. The molecule has 0 spiro atoms. The Labute approximate surface area is 193 Å². The number of morpholine rings is 1. The molecule has 2 atom stereocenters. The topological polar surface area (TPSA) is 57.5 Å². The maximum absolute atomic E-state index is 14.1. The maximum atomic E-state index is 14.1. The number of oxime groups is 1. The number of hydrogen-bond donors (Lipinski definition) is 1. The second-order valence-electron chi connectivity index (χ2n) is 8.34. The van der Waals surface area contributed by atoms with Crippen LogP contribution >= 0.6 is 11.6 Å². The number of benzene rings is 2. The first-order valence-corrected chi connectivity index (χ1v) is 11.4. The molecule has 32 heavy (non-hydrogen) atoms. The Bertz CT molecular complexity index is 923. The molecule has 0 aromatic heterocycles. The van der Waals surface area contributed by atoms with Crippen molar-refractivity contribution < 1.29 is 19.1 Å². The van der Waals surface area contributed by atoms with Crippen LogP contribution < -0.4 is 0 Å². The molecule has 6 nitrogen and oxygen atoms in total. The Kier molecular flexibility index (Phi) is 8.10. The van der Waals surface area contributed by atoms with Crippen LogP contribution in [0.15, 0.2) is 53.7 Å². The number of aliphatic hydroxyl groups is 1. The fraction of sp³-hybridized carbons (Fsp3) is 0.458. The van der Waals surface area contributed by atoms with E-state index in [1.165, 1.54) is 6.07 Å². The van der Waals surface area contributed by atoms with E-state index in [4.69, 9.17) is 21.2 Å². The molecule has 1 saturated heterocycles. The van der Waals surface area contributed by atoms with Gasteiger partial charge in [-0.1, -0.05) is 47.1 Å². The van der Waals surface area contributed by atoms with Crippen LogP contribution in [0.4, 0.5) is 4.39 Å². The van der Waals surface area contributed by atoms with E-state index in [0.717, 1.165) is 18.7 Å². The standard InChI is InChI=1S/C24H29ClFN3O3/c25-19-5-3-4-18(12-19)14-29(16-20(30)15-28-8-10-31-11-9-28)17-21-13-24(27-32-21)22-6-1-2-7-23(22)26/h1-7,12,20-21,30H,8-11,13-17H2/t20-,21+/m0/s1. The minimum Gasteiger partial charge on any atom is -0.390 e. The van der Waals surface area contributed by atoms with E-state index in [9.17, 15) is 9.50 Å². The van der Waals surface area contributed by atoms with Gasteiger partial charge < -0.3 is 14.7 Å². The largest absolute Gasteiger partial charge is 0.390 e. The number of rotatable bonds is 9. The molecule has 172 valence electrons. The van der Waals surface area contributed by atoms with E-state index in [2.05, 4.69) is 15.0 Å². The maximum Gasteiger partial charge on any atom is 0.145 e. The van der Waals surface area contributed by atoms with Gasteiger partial charge in [0.1, 0.15) is 11.9 Å². The molecule has 0 bridgehead atoms. The summed E-state index contributed by atoms with van der Waals surface area (Å²) >= 11 is 6.17. The van der Waals surface area contributed by atoms with Crippen LogP contribution in [-0.4, -0.2) is 78.8 Å². The summed E-state index contributed by atoms with van der Waals surface area (Å²) in [6, 6.07) is 14.3. The third-order valence-corrected chi connectivity index (χ3v) is 5.95. The third-order valence-electron chi connectivity index (χ3n) is 5.72. The van der Waals surface area contributed by atoms with Crippen molar-refractivity contribution >= 4 is 17.3 Å². The van der Waals surface area contributed by atoms with E-state index in [0.29, 0.717) is 62.1 Å². The van der Waals surface area contributed by atoms with Crippen molar-refractivity contribution in [2.45, 2.75) is 25.2 Å². The Hall–Kier alpha value is -2.03. The summed E-state index contributed by atoms with van der Waals surface area (Å²) < 4.78 is 19.5. The van der Waals surface area contributed by atoms with Gasteiger partial charge in [-0.3, -0.25) is 9.80 Å². The van der Waals surface area contributed by atoms with Crippen molar-refractivity contribution in [1.82, 2.24) is 9.80 Å². The summed E-state index contributed by atoms with van der Waals surface area (Å²) in [6.07, 6.45) is -0.202. The van der Waals surface area contributed by atoms with E-state index >= 15 is 0 Å². The monoisotopic (exact) mass is 461 g/mol. The van der Waals surface area contributed by atoms with E-state index in [1.54, 1.807) is 18.2 Å². The number of ether oxygens (including phenoxy) is 1. The molecule has 0 unspecified atom stereocenters. The van der Waals surface area contributed by atoms with Gasteiger partial charge >= 0.3 is 0 Å². The molecule has 4 rings (SSSR count). The predicted octanol–water partition coefficient (Wildman–Crippen LogP) is 3.17. The fourth-order valence-electron chi connectivity index (χ4n) is 4.20. The van der Waals surface area contributed by atoms with Crippen molar-refractivity contribution in [3.63, 3.8) is 0 Å². The Morgan fingerprint density at radius 2 is 2.00 bits per heavy atom. The summed E-state index contributed by atoms with van der Waals surface area (Å²) in [4.78, 5) is 10.0. The molecule has 2 aromatic rings. The van der Waals surface area contributed by atoms with Crippen LogP contribution in [0, 0.1) is 5.82 Å². The highest BCUT2D eigenvalue weighted by molar-refractivity contribution is 6.30. The molecule has 8 heteroatoms. The van der Waals surface area contributed by atoms with E-state index in [-0.39, 0.29) is 11.9 Å². The highest BCUT2D eigenvalue weighted by Crippen LogP contribution is 2.21. The van der Waals surface area contributed by atoms with Crippen LogP contribution in [0.5, 0.6) is 0 Å². The molecule has 0 saturated carbocycles. The molecule has 2 heterocycles. The van der Waals surface area contributed by atoms with Crippen molar-refractivity contribution in [1.29, 1.82) is 0 Å². The summed E-state index contributed by atoms with van der Waals surface area (Å²) in [6.45, 7) is 5.32. The summed E-state index contributed by atoms with van der Waals surface area (Å²) in [7, 11) is 0. The molecular weight excluding hydrogens is 433 g/mol. The van der Waals surface area contributed by atoms with Crippen molar-refractivity contribution in [3.8, 4) is 0 Å². The van der Waals surface area contributed by atoms with Gasteiger partial charge in [0.15, 0.2) is 0 Å². The fourth-order valence-corrected chi connectivity index (χ4v) is 4.42. The van der Waals surface area contributed by atoms with Gasteiger partial charge in [0, 0.05) is 56.3 Å². The van der Waals surface area contributed by atoms with Gasteiger partial charge in [-0.2, -0.15) is 0 Å². The number of halogens is 2. The lowest BCUT2D eigenvalue weighted by molar-refractivity contribution is -0.00265. The van der Waals surface area contributed by atoms with Crippen molar-refractivity contribution in [2.24, 2.45) is 5.16 Å². The van der Waals surface area contributed by atoms with Crippen LogP contribution in [0.25, 0.3) is 0 Å². The van der Waals surface area contributed by atoms with Gasteiger partial charge in [-0.25, -0.2) is 4.39 Å². The van der Waals surface area contributed by atoms with Gasteiger partial charge in [-0.15, -0.1) is 0 Å². The Morgan fingerprint density at radius 1 is 1.19 bits per heavy atom. The molecule has 1 N–H and O–H groups in total. The zero-order valence-corrected chi connectivity index (χ0v) is 18.8. The molecule has 2 aromatic carbocycles. The first-order chi connectivity index (χ1) is 15.6. The average molecular weight is 462 g/mol. The quantitative estimate of drug-likeness (QED) is 0.621. The summed E-state index contributed by atoms with van der Waals surface area (Å²) in [5.41, 5.74) is 2.15. The Morgan fingerprint density at radius 3 is 2.78 bits per heavy atom. The van der Waals surface area contributed by atoms with Crippen LogP contribution in [0.1, 0.15) is 17.5 Å². The Balaban J connectivity index is 1.39. The summed E-state index contributed by atoms with van der Waals surface area (Å²) in [5.74, 6) is -0.299. The minimum atomic E-state index is -0.513. The minimum absolute atomic E-state index is 0.209. The second kappa shape index (κ2) is 11.2. The lowest BCUT2D eigenvalue weighted by Gasteiger charge is -2.31. The molecule has 0 radical (unpaired) electrons. The van der Waals surface area contributed by atoms with Crippen molar-refractivity contribution in [2.75, 3.05) is 45.9 Å². The predicted molar refractivity (Wildman–Crippen MR) is 122 cm³/mol. The smallest absolute Gasteiger partial charge is 0.145 e. The second-order valence-corrected chi connectivity index (χ2v) is 8.78. The van der Waals surface area contributed by atoms with Crippen LogP contribution in [0.2, 0.25) is 5.02 Å². The van der Waals surface area contributed by atoms with Crippen LogP contribution in [0.3, 0.4) is 0 Å². The lowest BCUT2D eigenvalue weighted by Crippen LogP contribution is -2.45. The van der Waals surface area contributed by atoms with E-state index < -0.39 is 6.10 Å². The number of hydrogen-bond acceptors (Lipinski definition) is 6. The molecule has 2 aliphatic rings. The third kappa shape index (κ3) is 6.49. The highest BCUT2D eigenvalue weighted by Gasteiger charge is 2.27. The zero-order chi connectivity index (χ0) is 22.3. The molecule has 0 aliphatic carbocycles. The molecule has 2 aliphatic heterocycles. The molecular formula is C24H29ClFN3O3. The lowest BCUT2D eigenvalue weighted by atomic mass is 10.0.